The van der Waals surface area contributed by atoms with Crippen molar-refractivity contribution in [3.63, 3.8) is 0 Å². The summed E-state index contributed by atoms with van der Waals surface area (Å²) in [5, 5.41) is 15.7. The third kappa shape index (κ3) is 5.80. The number of alkyl carbamates (subject to hydrolysis) is 1. The van der Waals surface area contributed by atoms with Crippen LogP contribution in [-0.2, 0) is 15.9 Å². The van der Waals surface area contributed by atoms with Gasteiger partial charge in [0, 0.05) is 32.2 Å². The lowest BCUT2D eigenvalue weighted by Gasteiger charge is -2.21. The van der Waals surface area contributed by atoms with Gasteiger partial charge in [-0.2, -0.15) is 0 Å². The summed E-state index contributed by atoms with van der Waals surface area (Å²) in [6.07, 6.45) is -1.07. The minimum Gasteiger partial charge on any atom is -0.449 e. The molecule has 1 aromatic carbocycles. The van der Waals surface area contributed by atoms with Crippen LogP contribution in [0, 0.1) is 0 Å². The Balaban J connectivity index is 1.85. The molecule has 1 aliphatic rings. The Morgan fingerprint density at radius 1 is 1.38 bits per heavy atom. The lowest BCUT2D eigenvalue weighted by molar-refractivity contribution is 0.0496. The lowest BCUT2D eigenvalue weighted by Crippen LogP contribution is -2.39. The molecule has 0 aromatic heterocycles. The van der Waals surface area contributed by atoms with Crippen LogP contribution in [0.4, 0.5) is 21.0 Å². The monoisotopic (exact) mass is 365 g/mol. The van der Waals surface area contributed by atoms with Crippen LogP contribution < -0.4 is 15.5 Å². The van der Waals surface area contributed by atoms with E-state index < -0.39 is 17.8 Å². The van der Waals surface area contributed by atoms with E-state index in [4.69, 9.17) is 9.47 Å². The van der Waals surface area contributed by atoms with Crippen LogP contribution >= 0.6 is 0 Å². The largest absolute Gasteiger partial charge is 0.449 e. The van der Waals surface area contributed by atoms with Crippen molar-refractivity contribution >= 4 is 23.6 Å². The molecule has 1 aliphatic heterocycles. The highest BCUT2D eigenvalue weighted by Crippen LogP contribution is 2.26. The van der Waals surface area contributed by atoms with E-state index in [1.807, 2.05) is 18.2 Å². The Hall–Kier alpha value is -2.48. The molecule has 0 aliphatic carbocycles. The second kappa shape index (κ2) is 8.27. The van der Waals surface area contributed by atoms with E-state index in [1.54, 1.807) is 27.8 Å². The average molecular weight is 365 g/mol. The van der Waals surface area contributed by atoms with Crippen molar-refractivity contribution in [2.24, 2.45) is 0 Å². The number of carbonyl (C=O) groups is 2. The van der Waals surface area contributed by atoms with E-state index in [9.17, 15) is 14.7 Å². The first kappa shape index (κ1) is 19.8. The van der Waals surface area contributed by atoms with Crippen LogP contribution in [0.3, 0.4) is 0 Å². The molecule has 0 spiro atoms. The van der Waals surface area contributed by atoms with Gasteiger partial charge in [0.2, 0.25) is 0 Å². The topological polar surface area (TPSA) is 100 Å². The van der Waals surface area contributed by atoms with Crippen LogP contribution in [0.15, 0.2) is 18.2 Å². The molecule has 8 nitrogen and oxygen atoms in total. The third-order valence-corrected chi connectivity index (χ3v) is 3.73. The summed E-state index contributed by atoms with van der Waals surface area (Å²) >= 11 is 0. The zero-order valence-corrected chi connectivity index (χ0v) is 15.7. The number of fused-ring (bicyclic) bond motifs is 1. The number of ether oxygens (including phenoxy) is 2. The van der Waals surface area contributed by atoms with Gasteiger partial charge in [-0.05, 0) is 44.5 Å². The SMILES string of the molecule is CN1C(=O)OCCc2cc(NC[C@@H](O)CNC(=O)OC(C)(C)C)ccc21. The first-order chi connectivity index (χ1) is 12.2. The maximum Gasteiger partial charge on any atom is 0.414 e. The molecule has 0 saturated heterocycles. The second-order valence-corrected chi connectivity index (χ2v) is 7.18. The molecular weight excluding hydrogens is 338 g/mol. The quantitative estimate of drug-likeness (QED) is 0.739. The first-order valence-corrected chi connectivity index (χ1v) is 8.58. The Morgan fingerprint density at radius 2 is 2.12 bits per heavy atom. The summed E-state index contributed by atoms with van der Waals surface area (Å²) in [4.78, 5) is 24.8. The highest BCUT2D eigenvalue weighted by atomic mass is 16.6. The van der Waals surface area contributed by atoms with E-state index >= 15 is 0 Å². The van der Waals surface area contributed by atoms with Gasteiger partial charge in [-0.25, -0.2) is 9.59 Å². The Kier molecular flexibility index (Phi) is 6.31. The molecule has 0 fully saturated rings. The van der Waals surface area contributed by atoms with Crippen molar-refractivity contribution in [2.75, 3.05) is 37.0 Å². The van der Waals surface area contributed by atoms with Crippen LogP contribution in [-0.4, -0.2) is 55.7 Å². The number of anilines is 2. The number of nitrogens with one attached hydrogen (secondary N) is 2. The number of hydrogen-bond acceptors (Lipinski definition) is 6. The van der Waals surface area contributed by atoms with Crippen LogP contribution in [0.25, 0.3) is 0 Å². The molecule has 2 amide bonds. The van der Waals surface area contributed by atoms with E-state index in [1.165, 1.54) is 4.90 Å². The number of amides is 2. The average Bonchev–Trinajstić information content (AvgIpc) is 2.69. The van der Waals surface area contributed by atoms with Crippen molar-refractivity contribution in [2.45, 2.75) is 38.9 Å². The van der Waals surface area contributed by atoms with Gasteiger partial charge in [0.1, 0.15) is 5.60 Å². The van der Waals surface area contributed by atoms with Gasteiger partial charge in [0.15, 0.2) is 0 Å². The number of benzene rings is 1. The van der Waals surface area contributed by atoms with Crippen LogP contribution in [0.2, 0.25) is 0 Å². The fourth-order valence-electron chi connectivity index (χ4n) is 2.49. The van der Waals surface area contributed by atoms with E-state index in [-0.39, 0.29) is 19.2 Å². The summed E-state index contributed by atoms with van der Waals surface area (Å²) in [6, 6.07) is 5.61. The molecule has 0 unspecified atom stereocenters. The van der Waals surface area contributed by atoms with Gasteiger partial charge in [-0.15, -0.1) is 0 Å². The predicted molar refractivity (Wildman–Crippen MR) is 98.6 cm³/mol. The fourth-order valence-corrected chi connectivity index (χ4v) is 2.49. The van der Waals surface area contributed by atoms with Crippen molar-refractivity contribution in [1.29, 1.82) is 0 Å². The molecule has 26 heavy (non-hydrogen) atoms. The second-order valence-electron chi connectivity index (χ2n) is 7.18. The molecule has 1 aromatic rings. The number of cyclic esters (lactones) is 1. The van der Waals surface area contributed by atoms with Gasteiger partial charge in [0.05, 0.1) is 18.4 Å². The molecule has 0 saturated carbocycles. The van der Waals surface area contributed by atoms with Crippen molar-refractivity contribution in [1.82, 2.24) is 5.32 Å². The summed E-state index contributed by atoms with van der Waals surface area (Å²) in [5.41, 5.74) is 2.05. The Bertz CT molecular complexity index is 657. The number of hydrogen-bond donors (Lipinski definition) is 3. The molecule has 1 heterocycles. The Morgan fingerprint density at radius 3 is 2.81 bits per heavy atom. The van der Waals surface area contributed by atoms with Crippen LogP contribution in [0.5, 0.6) is 0 Å². The van der Waals surface area contributed by atoms with Crippen LogP contribution in [0.1, 0.15) is 26.3 Å². The molecular formula is C18H27N3O5. The number of aliphatic hydroxyl groups excluding tert-OH is 1. The number of nitrogens with zero attached hydrogens (tertiary/aromatic N) is 1. The zero-order chi connectivity index (χ0) is 19.3. The maximum atomic E-state index is 11.7. The highest BCUT2D eigenvalue weighted by Gasteiger charge is 2.20. The van der Waals surface area contributed by atoms with Gasteiger partial charge < -0.3 is 25.2 Å². The van der Waals surface area contributed by atoms with Gasteiger partial charge in [0.25, 0.3) is 0 Å². The van der Waals surface area contributed by atoms with Gasteiger partial charge in [-0.3, -0.25) is 4.90 Å². The summed E-state index contributed by atoms with van der Waals surface area (Å²) < 4.78 is 10.2. The molecule has 2 rings (SSSR count). The highest BCUT2D eigenvalue weighted by molar-refractivity contribution is 5.89. The summed E-state index contributed by atoms with van der Waals surface area (Å²) in [7, 11) is 1.67. The molecule has 0 radical (unpaired) electrons. The fraction of sp³-hybridized carbons (Fsp3) is 0.556. The first-order valence-electron chi connectivity index (χ1n) is 8.58. The minimum atomic E-state index is -0.770. The van der Waals surface area contributed by atoms with Gasteiger partial charge >= 0.3 is 12.2 Å². The Labute approximate surface area is 153 Å². The summed E-state index contributed by atoms with van der Waals surface area (Å²) in [5.74, 6) is 0. The van der Waals surface area contributed by atoms with E-state index in [0.29, 0.717) is 13.0 Å². The molecule has 144 valence electrons. The number of carbonyl (C=O) groups excluding carboxylic acids is 2. The normalized spacial score (nSPS) is 15.4. The molecule has 1 atom stereocenters. The molecule has 0 bridgehead atoms. The maximum absolute atomic E-state index is 11.7. The minimum absolute atomic E-state index is 0.0813. The van der Waals surface area contributed by atoms with Gasteiger partial charge in [-0.1, -0.05) is 0 Å². The lowest BCUT2D eigenvalue weighted by atomic mass is 10.1. The van der Waals surface area contributed by atoms with E-state index in [2.05, 4.69) is 10.6 Å². The number of rotatable bonds is 5. The molecule has 8 heteroatoms. The number of aliphatic hydroxyl groups is 1. The summed E-state index contributed by atoms with van der Waals surface area (Å²) in [6.45, 7) is 6.01. The van der Waals surface area contributed by atoms with Crippen molar-refractivity contribution < 1.29 is 24.2 Å². The predicted octanol–water partition coefficient (Wildman–Crippen LogP) is 2.11. The van der Waals surface area contributed by atoms with E-state index in [0.717, 1.165) is 16.9 Å². The third-order valence-electron chi connectivity index (χ3n) is 3.73. The van der Waals surface area contributed by atoms with Crippen molar-refractivity contribution in [3.05, 3.63) is 23.8 Å². The standard InChI is InChI=1S/C18H27N3O5/c1-18(2,3)26-16(23)20-11-14(22)10-19-13-5-6-15-12(9-13)7-8-25-17(24)21(15)4/h5-6,9,14,19,22H,7-8,10-11H2,1-4H3,(H,20,23)/t14-/m1/s1. The zero-order valence-electron chi connectivity index (χ0n) is 15.7. The smallest absolute Gasteiger partial charge is 0.414 e. The molecule has 3 N–H and O–H groups in total. The van der Waals surface area contributed by atoms with Crippen molar-refractivity contribution in [3.8, 4) is 0 Å².